The number of hydrogen-bond acceptors (Lipinski definition) is 1. The fourth-order valence-electron chi connectivity index (χ4n) is 4.70. The van der Waals surface area contributed by atoms with Gasteiger partial charge in [0.05, 0.1) is 5.56 Å². The SMILES string of the molecule is Cc1ccc2cccc3c2c1-c1c(c(CC2CCCC2)cc[n+]1C)O3. The summed E-state index contributed by atoms with van der Waals surface area (Å²) in [5.74, 6) is 2.89. The van der Waals surface area contributed by atoms with Gasteiger partial charge < -0.3 is 4.74 Å². The van der Waals surface area contributed by atoms with E-state index in [-0.39, 0.29) is 0 Å². The number of aromatic nitrogens is 1. The fraction of sp³-hybridized carbons (Fsp3) is 0.348. The number of fused-ring (bicyclic) bond motifs is 2. The van der Waals surface area contributed by atoms with Crippen LogP contribution in [-0.4, -0.2) is 0 Å². The number of ether oxygens (including phenoxy) is 1. The Morgan fingerprint density at radius 2 is 1.92 bits per heavy atom. The molecule has 0 amide bonds. The normalized spacial score (nSPS) is 16.1. The minimum atomic E-state index is 0.814. The van der Waals surface area contributed by atoms with Crippen LogP contribution >= 0.6 is 0 Å². The maximum absolute atomic E-state index is 6.51. The predicted molar refractivity (Wildman–Crippen MR) is 101 cm³/mol. The topological polar surface area (TPSA) is 13.1 Å². The Hall–Kier alpha value is -2.35. The Balaban J connectivity index is 1.76. The zero-order chi connectivity index (χ0) is 17.0. The summed E-state index contributed by atoms with van der Waals surface area (Å²) < 4.78 is 8.73. The molecule has 0 radical (unpaired) electrons. The van der Waals surface area contributed by atoms with Crippen molar-refractivity contribution in [3.63, 3.8) is 0 Å². The van der Waals surface area contributed by atoms with Crippen molar-refractivity contribution in [3.8, 4) is 22.8 Å². The molecule has 0 atom stereocenters. The molecule has 1 saturated carbocycles. The van der Waals surface area contributed by atoms with E-state index in [0.717, 1.165) is 23.8 Å². The number of aryl methyl sites for hydroxylation is 2. The third kappa shape index (κ3) is 2.27. The maximum Gasteiger partial charge on any atom is 0.256 e. The summed E-state index contributed by atoms with van der Waals surface area (Å²) in [6.07, 6.45) is 8.84. The highest BCUT2D eigenvalue weighted by Gasteiger charge is 2.31. The Bertz CT molecular complexity index is 983. The zero-order valence-corrected chi connectivity index (χ0v) is 15.0. The van der Waals surface area contributed by atoms with Gasteiger partial charge in [0.2, 0.25) is 5.75 Å². The van der Waals surface area contributed by atoms with Crippen LogP contribution in [0.4, 0.5) is 0 Å². The number of nitrogens with zero attached hydrogens (tertiary/aromatic N) is 1. The molecule has 2 aliphatic rings. The third-order valence-electron chi connectivity index (χ3n) is 6.01. The number of pyridine rings is 1. The highest BCUT2D eigenvalue weighted by Crippen LogP contribution is 2.48. The molecule has 25 heavy (non-hydrogen) atoms. The van der Waals surface area contributed by atoms with E-state index in [2.05, 4.69) is 61.1 Å². The van der Waals surface area contributed by atoms with E-state index < -0.39 is 0 Å². The molecule has 3 aromatic rings. The van der Waals surface area contributed by atoms with Crippen molar-refractivity contribution >= 4 is 10.8 Å². The molecule has 2 heteroatoms. The van der Waals surface area contributed by atoms with Crippen LogP contribution in [0.2, 0.25) is 0 Å². The summed E-state index contributed by atoms with van der Waals surface area (Å²) in [6, 6.07) is 13.1. The van der Waals surface area contributed by atoms with Crippen LogP contribution in [0.1, 0.15) is 36.8 Å². The summed E-state index contributed by atoms with van der Waals surface area (Å²) in [5.41, 5.74) is 5.26. The Kier molecular flexibility index (Phi) is 3.34. The summed E-state index contributed by atoms with van der Waals surface area (Å²) in [5, 5.41) is 2.51. The molecule has 1 fully saturated rings. The molecule has 1 aliphatic carbocycles. The van der Waals surface area contributed by atoms with E-state index in [9.17, 15) is 0 Å². The molecule has 2 heterocycles. The van der Waals surface area contributed by atoms with Crippen molar-refractivity contribution in [1.82, 2.24) is 0 Å². The van der Waals surface area contributed by atoms with E-state index in [1.165, 1.54) is 58.8 Å². The van der Waals surface area contributed by atoms with E-state index in [0.29, 0.717) is 0 Å². The first kappa shape index (κ1) is 14.9. The lowest BCUT2D eigenvalue weighted by molar-refractivity contribution is -0.660. The minimum absolute atomic E-state index is 0.814. The van der Waals surface area contributed by atoms with Crippen molar-refractivity contribution in [3.05, 3.63) is 53.7 Å². The first-order chi connectivity index (χ1) is 12.2. The van der Waals surface area contributed by atoms with Gasteiger partial charge in [0.1, 0.15) is 12.8 Å². The molecule has 0 spiro atoms. The monoisotopic (exact) mass is 330 g/mol. The van der Waals surface area contributed by atoms with Gasteiger partial charge in [-0.05, 0) is 36.3 Å². The molecule has 1 aromatic heterocycles. The van der Waals surface area contributed by atoms with Gasteiger partial charge in [-0.3, -0.25) is 0 Å². The zero-order valence-electron chi connectivity index (χ0n) is 15.0. The van der Waals surface area contributed by atoms with E-state index in [1.807, 2.05) is 0 Å². The standard InChI is InChI=1S/C23H24NO/c1-15-10-11-17-8-5-9-19-21(17)20(15)22-23(25-19)18(12-13-24(22)2)14-16-6-3-4-7-16/h5,8-13,16H,3-4,6-7,14H2,1-2H3/q+1. The largest absolute Gasteiger partial charge is 0.449 e. The maximum atomic E-state index is 6.51. The van der Waals surface area contributed by atoms with Crippen LogP contribution < -0.4 is 9.30 Å². The average molecular weight is 330 g/mol. The van der Waals surface area contributed by atoms with Crippen LogP contribution in [0.5, 0.6) is 11.5 Å². The quantitative estimate of drug-likeness (QED) is 0.444. The highest BCUT2D eigenvalue weighted by molar-refractivity contribution is 6.04. The van der Waals surface area contributed by atoms with Crippen molar-refractivity contribution < 1.29 is 9.30 Å². The van der Waals surface area contributed by atoms with Gasteiger partial charge >= 0.3 is 0 Å². The first-order valence-electron chi connectivity index (χ1n) is 9.44. The fourth-order valence-corrected chi connectivity index (χ4v) is 4.70. The number of rotatable bonds is 2. The van der Waals surface area contributed by atoms with Crippen molar-refractivity contribution in [2.24, 2.45) is 13.0 Å². The van der Waals surface area contributed by atoms with Crippen LogP contribution in [0.25, 0.3) is 22.0 Å². The average Bonchev–Trinajstić information content (AvgIpc) is 3.13. The molecule has 2 aromatic carbocycles. The predicted octanol–water partition coefficient (Wildman–Crippen LogP) is 5.48. The summed E-state index contributed by atoms with van der Waals surface area (Å²) in [4.78, 5) is 0. The van der Waals surface area contributed by atoms with Crippen molar-refractivity contribution in [2.45, 2.75) is 39.0 Å². The molecule has 2 nitrogen and oxygen atoms in total. The lowest BCUT2D eigenvalue weighted by Gasteiger charge is -2.23. The minimum Gasteiger partial charge on any atom is -0.449 e. The molecule has 0 bridgehead atoms. The van der Waals surface area contributed by atoms with Gasteiger partial charge in [-0.15, -0.1) is 0 Å². The van der Waals surface area contributed by atoms with E-state index in [4.69, 9.17) is 4.74 Å². The van der Waals surface area contributed by atoms with Gasteiger partial charge in [0.25, 0.3) is 5.69 Å². The van der Waals surface area contributed by atoms with E-state index >= 15 is 0 Å². The molecular weight excluding hydrogens is 306 g/mol. The Morgan fingerprint density at radius 3 is 2.76 bits per heavy atom. The lowest BCUT2D eigenvalue weighted by Crippen LogP contribution is -2.32. The second-order valence-corrected chi connectivity index (χ2v) is 7.70. The third-order valence-corrected chi connectivity index (χ3v) is 6.01. The molecule has 5 rings (SSSR count). The lowest BCUT2D eigenvalue weighted by atomic mass is 9.90. The molecule has 0 saturated heterocycles. The summed E-state index contributed by atoms with van der Waals surface area (Å²) >= 11 is 0. The smallest absolute Gasteiger partial charge is 0.256 e. The molecule has 0 N–H and O–H groups in total. The van der Waals surface area contributed by atoms with Gasteiger partial charge in [-0.1, -0.05) is 49.9 Å². The first-order valence-corrected chi connectivity index (χ1v) is 9.44. The number of benzene rings is 2. The van der Waals surface area contributed by atoms with E-state index in [1.54, 1.807) is 0 Å². The summed E-state index contributed by atoms with van der Waals surface area (Å²) in [6.45, 7) is 2.21. The summed E-state index contributed by atoms with van der Waals surface area (Å²) in [7, 11) is 2.13. The van der Waals surface area contributed by atoms with Crippen LogP contribution in [0.15, 0.2) is 42.6 Å². The van der Waals surface area contributed by atoms with Gasteiger partial charge in [-0.2, -0.15) is 4.57 Å². The molecule has 126 valence electrons. The highest BCUT2D eigenvalue weighted by atomic mass is 16.5. The number of hydrogen-bond donors (Lipinski definition) is 0. The molecule has 1 aliphatic heterocycles. The van der Waals surface area contributed by atoms with Gasteiger partial charge in [0.15, 0.2) is 6.20 Å². The van der Waals surface area contributed by atoms with Gasteiger partial charge in [-0.25, -0.2) is 0 Å². The van der Waals surface area contributed by atoms with Crippen molar-refractivity contribution in [2.75, 3.05) is 0 Å². The van der Waals surface area contributed by atoms with Crippen LogP contribution in [0, 0.1) is 12.8 Å². The second kappa shape index (κ2) is 5.59. The van der Waals surface area contributed by atoms with Crippen LogP contribution in [-0.2, 0) is 13.5 Å². The second-order valence-electron chi connectivity index (χ2n) is 7.70. The van der Waals surface area contributed by atoms with Crippen LogP contribution in [0.3, 0.4) is 0 Å². The Morgan fingerprint density at radius 1 is 1.08 bits per heavy atom. The Labute approximate surface area is 149 Å². The molecule has 0 unspecified atom stereocenters. The molecular formula is C23H24NO+. The van der Waals surface area contributed by atoms with Gasteiger partial charge in [0, 0.05) is 17.0 Å². The van der Waals surface area contributed by atoms with Crippen molar-refractivity contribution in [1.29, 1.82) is 0 Å².